The lowest BCUT2D eigenvalue weighted by molar-refractivity contribution is -0.160. The highest BCUT2D eigenvalue weighted by atomic mass is 16.5. The predicted octanol–water partition coefficient (Wildman–Crippen LogP) is 3.20. The van der Waals surface area contributed by atoms with Crippen LogP contribution < -0.4 is 5.32 Å². The number of carbonyl (C=O) groups excluding carboxylic acids is 4. The number of fused-ring (bicyclic) bond motifs is 5. The lowest BCUT2D eigenvalue weighted by atomic mass is 9.85. The smallest absolute Gasteiger partial charge is 0.330 e. The quantitative estimate of drug-likeness (QED) is 0.380. The second kappa shape index (κ2) is 9.13. The maximum Gasteiger partial charge on any atom is 0.330 e. The topological polar surface area (TPSA) is 92.8 Å². The molecule has 3 aliphatic rings. The zero-order valence-corrected chi connectivity index (χ0v) is 19.8. The van der Waals surface area contributed by atoms with Gasteiger partial charge in [-0.15, -0.1) is 0 Å². The molecule has 1 aliphatic heterocycles. The van der Waals surface area contributed by atoms with Gasteiger partial charge in [-0.3, -0.25) is 19.3 Å². The average Bonchev–Trinajstić information content (AvgIpc) is 3.53. The number of nitrogens with one attached hydrogen (secondary N) is 1. The summed E-state index contributed by atoms with van der Waals surface area (Å²) in [5, 5.41) is 2.76. The van der Waals surface area contributed by atoms with Crippen molar-refractivity contribution in [2.75, 3.05) is 11.9 Å². The Morgan fingerprint density at radius 1 is 0.971 bits per heavy atom. The van der Waals surface area contributed by atoms with Crippen LogP contribution in [0.25, 0.3) is 0 Å². The normalized spacial score (nSPS) is 25.0. The molecule has 5 atom stereocenters. The molecule has 0 spiro atoms. The Bertz CT molecular complexity index is 1190. The summed E-state index contributed by atoms with van der Waals surface area (Å²) in [7, 11) is 0. The van der Waals surface area contributed by atoms with Crippen molar-refractivity contribution in [1.29, 1.82) is 0 Å². The number of carbonyl (C=O) groups is 4. The van der Waals surface area contributed by atoms with Crippen molar-refractivity contribution in [3.63, 3.8) is 0 Å². The Morgan fingerprint density at radius 3 is 2.29 bits per heavy atom. The van der Waals surface area contributed by atoms with Crippen molar-refractivity contribution >= 4 is 29.4 Å². The highest BCUT2D eigenvalue weighted by Gasteiger charge is 2.61. The van der Waals surface area contributed by atoms with Gasteiger partial charge < -0.3 is 10.1 Å². The molecule has 1 heterocycles. The summed E-state index contributed by atoms with van der Waals surface area (Å²) in [5.41, 5.74) is 3.40. The number of amides is 3. The van der Waals surface area contributed by atoms with Crippen LogP contribution in [0.15, 0.2) is 60.7 Å². The van der Waals surface area contributed by atoms with Gasteiger partial charge in [-0.2, -0.15) is 0 Å². The maximum atomic E-state index is 13.4. The summed E-state index contributed by atoms with van der Waals surface area (Å²) in [6, 6.07) is 13.6. The van der Waals surface area contributed by atoms with Crippen molar-refractivity contribution in [2.45, 2.75) is 32.7 Å². The number of hydrogen-bond donors (Lipinski definition) is 1. The van der Waals surface area contributed by atoms with E-state index in [4.69, 9.17) is 4.74 Å². The van der Waals surface area contributed by atoms with Gasteiger partial charge in [0.1, 0.15) is 6.04 Å². The van der Waals surface area contributed by atoms with E-state index in [0.29, 0.717) is 5.69 Å². The largest absolute Gasteiger partial charge is 0.454 e. The van der Waals surface area contributed by atoms with Crippen LogP contribution in [-0.2, 0) is 30.3 Å². The lowest BCUT2D eigenvalue weighted by Gasteiger charge is -2.26. The third kappa shape index (κ3) is 4.16. The maximum absolute atomic E-state index is 13.4. The molecule has 1 saturated heterocycles. The number of benzene rings is 2. The van der Waals surface area contributed by atoms with E-state index in [-0.39, 0.29) is 30.1 Å². The van der Waals surface area contributed by atoms with Gasteiger partial charge in [0.15, 0.2) is 6.61 Å². The van der Waals surface area contributed by atoms with E-state index in [1.54, 1.807) is 6.07 Å². The van der Waals surface area contributed by atoms with Crippen LogP contribution >= 0.6 is 0 Å². The Hall–Kier alpha value is -3.74. The first-order valence-electron chi connectivity index (χ1n) is 12.0. The van der Waals surface area contributed by atoms with E-state index in [9.17, 15) is 19.2 Å². The van der Waals surface area contributed by atoms with Crippen LogP contribution in [0, 0.1) is 37.5 Å². The van der Waals surface area contributed by atoms with Crippen LogP contribution in [0.2, 0.25) is 0 Å². The third-order valence-corrected chi connectivity index (χ3v) is 7.58. The average molecular weight is 473 g/mol. The third-order valence-electron chi connectivity index (χ3n) is 7.58. The number of hydrogen-bond acceptors (Lipinski definition) is 5. The molecular weight excluding hydrogens is 444 g/mol. The van der Waals surface area contributed by atoms with Crippen molar-refractivity contribution < 1.29 is 23.9 Å². The summed E-state index contributed by atoms with van der Waals surface area (Å²) in [6.07, 6.45) is 4.98. The van der Waals surface area contributed by atoms with E-state index in [1.807, 2.05) is 68.5 Å². The first kappa shape index (κ1) is 23.0. The van der Waals surface area contributed by atoms with Crippen LogP contribution in [0.1, 0.15) is 23.1 Å². The highest BCUT2D eigenvalue weighted by Crippen LogP contribution is 2.53. The number of esters is 1. The zero-order chi connectivity index (χ0) is 24.7. The number of aryl methyl sites for hydroxylation is 1. The number of allylic oxidation sites excluding steroid dienone is 2. The van der Waals surface area contributed by atoms with Gasteiger partial charge in [-0.25, -0.2) is 4.79 Å². The molecule has 35 heavy (non-hydrogen) atoms. The highest BCUT2D eigenvalue weighted by molar-refractivity contribution is 6.09. The van der Waals surface area contributed by atoms with Crippen LogP contribution in [0.5, 0.6) is 0 Å². The van der Waals surface area contributed by atoms with Crippen LogP contribution in [-0.4, -0.2) is 41.2 Å². The Labute approximate surface area is 204 Å². The fourth-order valence-electron chi connectivity index (χ4n) is 5.66. The molecule has 2 fully saturated rings. The molecule has 2 aromatic rings. The molecule has 5 rings (SSSR count). The number of rotatable bonds is 7. The number of likely N-dealkylation sites (tertiary alicyclic amines) is 1. The first-order chi connectivity index (χ1) is 16.8. The number of anilines is 1. The molecule has 0 unspecified atom stereocenters. The molecule has 7 nitrogen and oxygen atoms in total. The number of ether oxygens (including phenoxy) is 1. The second-order valence-corrected chi connectivity index (χ2v) is 9.66. The molecule has 3 amide bonds. The summed E-state index contributed by atoms with van der Waals surface area (Å²) in [6.45, 7) is 3.34. The minimum Gasteiger partial charge on any atom is -0.454 e. The summed E-state index contributed by atoms with van der Waals surface area (Å²) < 4.78 is 5.37. The van der Waals surface area contributed by atoms with Crippen molar-refractivity contribution in [3.05, 3.63) is 77.4 Å². The predicted molar refractivity (Wildman–Crippen MR) is 129 cm³/mol. The Morgan fingerprint density at radius 2 is 1.63 bits per heavy atom. The molecule has 1 N–H and O–H groups in total. The van der Waals surface area contributed by atoms with Crippen LogP contribution in [0.4, 0.5) is 5.69 Å². The van der Waals surface area contributed by atoms with Gasteiger partial charge in [0.2, 0.25) is 11.8 Å². The van der Waals surface area contributed by atoms with Gasteiger partial charge in [-0.05, 0) is 54.9 Å². The lowest BCUT2D eigenvalue weighted by Crippen LogP contribution is -2.48. The minimum absolute atomic E-state index is 0.0446. The summed E-state index contributed by atoms with van der Waals surface area (Å²) in [5.74, 6) is -2.58. The molecule has 2 bridgehead atoms. The molecule has 1 saturated carbocycles. The van der Waals surface area contributed by atoms with E-state index in [1.165, 1.54) is 0 Å². The Kier molecular flexibility index (Phi) is 6.01. The van der Waals surface area contributed by atoms with Crippen molar-refractivity contribution in [2.24, 2.45) is 23.7 Å². The van der Waals surface area contributed by atoms with E-state index in [0.717, 1.165) is 28.0 Å². The molecular formula is C28H28N2O5. The standard InChI is InChI=1S/C28H28N2O5/c1-16-7-6-10-21(17(16)2)29-23(31)15-35-28(34)22(13-18-8-4-3-5-9-18)30-26(32)24-19-11-12-20(14-19)25(24)27(30)33/h3-12,19-20,22,24-25H,13-15H2,1-2H3,(H,29,31)/t19-,20-,22+,24-,25+/m0/s1. The number of nitrogens with zero attached hydrogens (tertiary/aromatic N) is 1. The monoisotopic (exact) mass is 472 g/mol. The fourth-order valence-corrected chi connectivity index (χ4v) is 5.66. The Balaban J connectivity index is 1.32. The minimum atomic E-state index is -1.11. The van der Waals surface area contributed by atoms with Gasteiger partial charge in [0.25, 0.3) is 5.91 Å². The number of imide groups is 1. The SMILES string of the molecule is Cc1cccc(NC(=O)COC(=O)[C@@H](Cc2ccccc2)N2C(=O)[C@@H]3[C@H](C2=O)[C@H]2C=C[C@H]3C2)c1C. The second-order valence-electron chi connectivity index (χ2n) is 9.66. The molecule has 0 aromatic heterocycles. The van der Waals surface area contributed by atoms with Gasteiger partial charge in [-0.1, -0.05) is 54.6 Å². The van der Waals surface area contributed by atoms with Gasteiger partial charge >= 0.3 is 5.97 Å². The first-order valence-corrected chi connectivity index (χ1v) is 12.0. The van der Waals surface area contributed by atoms with E-state index >= 15 is 0 Å². The molecule has 180 valence electrons. The molecule has 7 heteroatoms. The fraction of sp³-hybridized carbons (Fsp3) is 0.357. The van der Waals surface area contributed by atoms with E-state index < -0.39 is 36.4 Å². The zero-order valence-electron chi connectivity index (χ0n) is 19.8. The van der Waals surface area contributed by atoms with Crippen molar-refractivity contribution in [3.8, 4) is 0 Å². The van der Waals surface area contributed by atoms with Gasteiger partial charge in [0, 0.05) is 12.1 Å². The summed E-state index contributed by atoms with van der Waals surface area (Å²) in [4.78, 5) is 53.6. The van der Waals surface area contributed by atoms with Crippen molar-refractivity contribution in [1.82, 2.24) is 4.90 Å². The molecule has 0 radical (unpaired) electrons. The van der Waals surface area contributed by atoms with Crippen LogP contribution in [0.3, 0.4) is 0 Å². The van der Waals surface area contributed by atoms with Gasteiger partial charge in [0.05, 0.1) is 11.8 Å². The molecule has 2 aliphatic carbocycles. The van der Waals surface area contributed by atoms with E-state index in [2.05, 4.69) is 5.32 Å². The summed E-state index contributed by atoms with van der Waals surface area (Å²) >= 11 is 0. The molecule has 2 aromatic carbocycles.